The second kappa shape index (κ2) is 8.67. The third-order valence-electron chi connectivity index (χ3n) is 4.07. The zero-order chi connectivity index (χ0) is 21.9. The fourth-order valence-corrected chi connectivity index (χ4v) is 2.96. The maximum atomic E-state index is 11.0. The van der Waals surface area contributed by atoms with Gasteiger partial charge in [-0.25, -0.2) is 0 Å². The molecule has 0 N–H and O–H groups in total. The largest absolute Gasteiger partial charge is 0.492 e. The number of carbonyl (C=O) groups is 2. The molecule has 0 radical (unpaired) electrons. The molecule has 2 fully saturated rings. The van der Waals surface area contributed by atoms with Gasteiger partial charge in [0.15, 0.2) is 26.2 Å². The predicted octanol–water partition coefficient (Wildman–Crippen LogP) is -1.05. The molecule has 0 saturated carbocycles. The Labute approximate surface area is 171 Å². The van der Waals surface area contributed by atoms with Gasteiger partial charge in [-0.1, -0.05) is 31.9 Å². The van der Waals surface area contributed by atoms with Gasteiger partial charge in [0.1, 0.15) is 19.7 Å². The topological polar surface area (TPSA) is 213 Å². The Kier molecular flexibility index (Phi) is 7.29. The molecule has 2 amide bonds. The molecule has 2 aliphatic rings. The summed E-state index contributed by atoms with van der Waals surface area (Å²) >= 11 is 5.74. The van der Waals surface area contributed by atoms with E-state index in [4.69, 9.17) is 0 Å². The smallest absolute Gasteiger partial charge is 0.313 e. The fourth-order valence-electron chi connectivity index (χ4n) is 2.25. The number of amides is 2. The van der Waals surface area contributed by atoms with Crippen LogP contribution in [0.25, 0.3) is 0 Å². The van der Waals surface area contributed by atoms with E-state index in [-0.39, 0.29) is 22.5 Å². The monoisotopic (exact) mass is 534 g/mol. The van der Waals surface area contributed by atoms with Crippen LogP contribution >= 0.6 is 31.9 Å². The van der Waals surface area contributed by atoms with E-state index in [1.54, 1.807) is 0 Å². The van der Waals surface area contributed by atoms with Crippen molar-refractivity contribution in [3.05, 3.63) is 40.5 Å². The zero-order valence-electron chi connectivity index (χ0n) is 13.8. The number of rotatable bonds is 6. The van der Waals surface area contributed by atoms with Crippen molar-refractivity contribution in [1.29, 1.82) is 0 Å². The van der Waals surface area contributed by atoms with Gasteiger partial charge in [0, 0.05) is 0 Å². The lowest BCUT2D eigenvalue weighted by atomic mass is 10.0. The summed E-state index contributed by atoms with van der Waals surface area (Å²) in [7, 11) is 0. The summed E-state index contributed by atoms with van der Waals surface area (Å²) in [5.41, 5.74) is -4.39. The second-order valence-electron chi connectivity index (χ2n) is 5.76. The standard InChI is InChI=1S/2C5H6BrN3O5/c2*6-1-4(10)7-2-5(3-7,8(11)12)9(13)14/h2*1-3H2. The number of alkyl halides is 2. The highest BCUT2D eigenvalue weighted by Gasteiger charge is 2.68. The average molecular weight is 536 g/mol. The molecule has 18 heteroatoms. The number of hydrogen-bond donors (Lipinski definition) is 0. The minimum Gasteiger partial charge on any atom is -0.313 e. The summed E-state index contributed by atoms with van der Waals surface area (Å²) in [4.78, 5) is 61.9. The molecule has 0 atom stereocenters. The Morgan fingerprint density at radius 2 is 0.893 bits per heavy atom. The first-order chi connectivity index (χ1) is 12.9. The van der Waals surface area contributed by atoms with E-state index in [0.717, 1.165) is 9.80 Å². The Morgan fingerprint density at radius 3 is 1.04 bits per heavy atom. The first kappa shape index (κ1) is 23.5. The van der Waals surface area contributed by atoms with Crippen LogP contribution in [0.3, 0.4) is 0 Å². The number of nitrogens with zero attached hydrogens (tertiary/aromatic N) is 6. The van der Waals surface area contributed by atoms with Crippen LogP contribution in [-0.4, -0.2) is 89.5 Å². The predicted molar refractivity (Wildman–Crippen MR) is 94.2 cm³/mol. The van der Waals surface area contributed by atoms with Crippen molar-refractivity contribution in [2.24, 2.45) is 0 Å². The molecule has 156 valence electrons. The molecular weight excluding hydrogens is 524 g/mol. The molecule has 16 nitrogen and oxygen atoms in total. The summed E-state index contributed by atoms with van der Waals surface area (Å²) in [6.07, 6.45) is 0. The molecule has 2 rings (SSSR count). The molecule has 2 saturated heterocycles. The molecule has 0 aromatic heterocycles. The number of nitro groups is 4. The lowest BCUT2D eigenvalue weighted by Crippen LogP contribution is -2.71. The maximum Gasteiger partial charge on any atom is 0.492 e. The van der Waals surface area contributed by atoms with Crippen molar-refractivity contribution in [3.8, 4) is 0 Å². The number of carbonyl (C=O) groups excluding carboxylic acids is 2. The first-order valence-corrected chi connectivity index (χ1v) is 9.37. The molecule has 2 heterocycles. The third-order valence-corrected chi connectivity index (χ3v) is 5.03. The zero-order valence-corrected chi connectivity index (χ0v) is 16.9. The van der Waals surface area contributed by atoms with Crippen molar-refractivity contribution in [2.75, 3.05) is 36.8 Å². The van der Waals surface area contributed by atoms with E-state index in [9.17, 15) is 50.0 Å². The van der Waals surface area contributed by atoms with Gasteiger partial charge < -0.3 is 9.80 Å². The van der Waals surface area contributed by atoms with Crippen molar-refractivity contribution in [2.45, 2.75) is 11.3 Å². The lowest BCUT2D eigenvalue weighted by Gasteiger charge is -2.35. The average Bonchev–Trinajstić information content (AvgIpc) is 2.51. The highest BCUT2D eigenvalue weighted by atomic mass is 79.9. The van der Waals surface area contributed by atoms with E-state index < -0.39 is 57.2 Å². The summed E-state index contributed by atoms with van der Waals surface area (Å²) < 4.78 is 0. The van der Waals surface area contributed by atoms with Crippen LogP contribution in [0.2, 0.25) is 0 Å². The van der Waals surface area contributed by atoms with Gasteiger partial charge in [-0.2, -0.15) is 0 Å². The van der Waals surface area contributed by atoms with Gasteiger partial charge in [-0.3, -0.25) is 50.0 Å². The molecule has 0 aliphatic carbocycles. The van der Waals surface area contributed by atoms with Crippen molar-refractivity contribution in [3.63, 3.8) is 0 Å². The maximum absolute atomic E-state index is 11.0. The van der Waals surface area contributed by atoms with Gasteiger partial charge in [0.05, 0.1) is 10.7 Å². The summed E-state index contributed by atoms with van der Waals surface area (Å²) in [6.45, 7) is -1.84. The van der Waals surface area contributed by atoms with Gasteiger partial charge in [-0.15, -0.1) is 0 Å². The number of hydrogen-bond acceptors (Lipinski definition) is 10. The Bertz CT molecular complexity index is 627. The summed E-state index contributed by atoms with van der Waals surface area (Å²) in [5, 5.41) is 41.7. The van der Waals surface area contributed by atoms with Gasteiger partial charge in [-0.05, 0) is 0 Å². The van der Waals surface area contributed by atoms with E-state index in [0.29, 0.717) is 0 Å². The third kappa shape index (κ3) is 4.16. The highest BCUT2D eigenvalue weighted by Crippen LogP contribution is 2.26. The number of likely N-dealkylation sites (tertiary alicyclic amines) is 2. The normalized spacial score (nSPS) is 18.5. The molecule has 28 heavy (non-hydrogen) atoms. The molecule has 2 aliphatic heterocycles. The van der Waals surface area contributed by atoms with Crippen LogP contribution in [0.5, 0.6) is 0 Å². The Morgan fingerprint density at radius 1 is 0.679 bits per heavy atom. The van der Waals surface area contributed by atoms with Crippen LogP contribution in [0.4, 0.5) is 0 Å². The van der Waals surface area contributed by atoms with E-state index in [2.05, 4.69) is 31.9 Å². The van der Waals surface area contributed by atoms with Gasteiger partial charge in [0.2, 0.25) is 11.8 Å². The molecule has 0 bridgehead atoms. The van der Waals surface area contributed by atoms with Crippen LogP contribution in [0, 0.1) is 40.5 Å². The van der Waals surface area contributed by atoms with Gasteiger partial charge in [0.25, 0.3) is 0 Å². The molecule has 0 spiro atoms. The summed E-state index contributed by atoms with van der Waals surface area (Å²) in [5.74, 6) is -0.770. The Hall–Kier alpha value is -2.50. The van der Waals surface area contributed by atoms with Crippen molar-refractivity contribution < 1.29 is 29.3 Å². The van der Waals surface area contributed by atoms with Crippen LogP contribution in [-0.2, 0) is 9.59 Å². The van der Waals surface area contributed by atoms with Crippen LogP contribution in [0.15, 0.2) is 0 Å². The Balaban J connectivity index is 0.000000280. The SMILES string of the molecule is O=C(CBr)N1CC([N+](=O)[O-])([N+](=O)[O-])C1.O=C(CBr)N1CC([N+](=O)[O-])([N+](=O)[O-])C1. The second-order valence-corrected chi connectivity index (χ2v) is 6.88. The van der Waals surface area contributed by atoms with E-state index in [1.165, 1.54) is 0 Å². The molecule has 0 aromatic carbocycles. The van der Waals surface area contributed by atoms with E-state index >= 15 is 0 Å². The minimum absolute atomic E-state index is 0.0124. The van der Waals surface area contributed by atoms with Crippen molar-refractivity contribution >= 4 is 43.7 Å². The lowest BCUT2D eigenvalue weighted by molar-refractivity contribution is -0.809. The van der Waals surface area contributed by atoms with E-state index in [1.807, 2.05) is 0 Å². The summed E-state index contributed by atoms with van der Waals surface area (Å²) in [6, 6.07) is 0. The van der Waals surface area contributed by atoms with Crippen LogP contribution < -0.4 is 0 Å². The van der Waals surface area contributed by atoms with Crippen molar-refractivity contribution in [1.82, 2.24) is 9.80 Å². The molecular formula is C10H12Br2N6O10. The highest BCUT2D eigenvalue weighted by molar-refractivity contribution is 9.09. The number of halogens is 2. The fraction of sp³-hybridized carbons (Fsp3) is 0.800. The first-order valence-electron chi connectivity index (χ1n) is 7.13. The van der Waals surface area contributed by atoms with Gasteiger partial charge >= 0.3 is 11.3 Å². The van der Waals surface area contributed by atoms with Crippen LogP contribution in [0.1, 0.15) is 0 Å². The minimum atomic E-state index is -2.20. The quantitative estimate of drug-likeness (QED) is 0.174. The molecule has 0 unspecified atom stereocenters. The molecule has 0 aromatic rings.